The lowest BCUT2D eigenvalue weighted by Crippen LogP contribution is -2.46. The molecular formula is C27H29ClN8O2. The summed E-state index contributed by atoms with van der Waals surface area (Å²) in [4.78, 5) is 41.1. The van der Waals surface area contributed by atoms with E-state index in [2.05, 4.69) is 30.9 Å². The molecule has 4 N–H and O–H groups in total. The third-order valence-electron chi connectivity index (χ3n) is 6.23. The van der Waals surface area contributed by atoms with Gasteiger partial charge in [-0.1, -0.05) is 29.8 Å². The molecule has 1 aliphatic heterocycles. The monoisotopic (exact) mass is 532 g/mol. The molecule has 3 aromatic rings. The SMILES string of the molecule is CN/C=C(\C=N)Nc1ncc(Cl)c(-c2ccc3c(c2)C(=O)N([C@H](C)C(=O)N[C@H](C)c2cccc(C)n2)C3)n1. The predicted octanol–water partition coefficient (Wildman–Crippen LogP) is 3.84. The van der Waals surface area contributed by atoms with E-state index in [9.17, 15) is 9.59 Å². The van der Waals surface area contributed by atoms with Gasteiger partial charge in [-0.15, -0.1) is 0 Å². The van der Waals surface area contributed by atoms with Crippen LogP contribution in [0.4, 0.5) is 5.95 Å². The molecule has 196 valence electrons. The fourth-order valence-electron chi connectivity index (χ4n) is 4.17. The first-order valence-electron chi connectivity index (χ1n) is 12.1. The number of carbonyl (C=O) groups is 2. The topological polar surface area (TPSA) is 136 Å². The second kappa shape index (κ2) is 11.4. The van der Waals surface area contributed by atoms with Crippen molar-refractivity contribution >= 4 is 35.6 Å². The van der Waals surface area contributed by atoms with Crippen molar-refractivity contribution in [2.75, 3.05) is 12.4 Å². The molecule has 2 aromatic heterocycles. The van der Waals surface area contributed by atoms with Gasteiger partial charge in [0.1, 0.15) is 6.04 Å². The van der Waals surface area contributed by atoms with E-state index in [1.165, 1.54) is 6.20 Å². The highest BCUT2D eigenvalue weighted by Gasteiger charge is 2.34. The highest BCUT2D eigenvalue weighted by molar-refractivity contribution is 6.33. The van der Waals surface area contributed by atoms with Gasteiger partial charge in [0.05, 0.1) is 34.3 Å². The Morgan fingerprint density at radius 2 is 2.00 bits per heavy atom. The number of anilines is 1. The normalized spacial score (nSPS) is 14.5. The summed E-state index contributed by atoms with van der Waals surface area (Å²) in [5, 5.41) is 16.6. The molecule has 11 heteroatoms. The van der Waals surface area contributed by atoms with Crippen LogP contribution in [0, 0.1) is 12.3 Å². The Morgan fingerprint density at radius 3 is 2.71 bits per heavy atom. The van der Waals surface area contributed by atoms with E-state index in [0.29, 0.717) is 34.1 Å². The minimum atomic E-state index is -0.678. The van der Waals surface area contributed by atoms with Crippen LogP contribution in [0.15, 0.2) is 54.5 Å². The first kappa shape index (κ1) is 26.7. The molecule has 0 fully saturated rings. The van der Waals surface area contributed by atoms with Crippen molar-refractivity contribution in [3.8, 4) is 11.3 Å². The predicted molar refractivity (Wildman–Crippen MR) is 147 cm³/mol. The van der Waals surface area contributed by atoms with E-state index in [-0.39, 0.29) is 23.8 Å². The fourth-order valence-corrected chi connectivity index (χ4v) is 4.37. The Kier molecular flexibility index (Phi) is 8.02. The number of benzene rings is 1. The zero-order chi connectivity index (χ0) is 27.4. The summed E-state index contributed by atoms with van der Waals surface area (Å²) in [6.07, 6.45) is 4.19. The standard InChI is InChI=1S/C27H29ClN8O2/c1-15-6-5-7-23(32-15)16(2)33-25(37)17(3)36-14-19-9-8-18(10-21(19)26(36)38)24-22(28)13-31-27(35-24)34-20(11-29)12-30-4/h5-13,16-17,29-30H,14H2,1-4H3,(H,33,37)(H,31,34,35)/b20-12+,29-11?/t16-,17-/m1/s1. The van der Waals surface area contributed by atoms with Gasteiger partial charge in [-0.05, 0) is 44.5 Å². The van der Waals surface area contributed by atoms with Crippen molar-refractivity contribution in [2.24, 2.45) is 0 Å². The average Bonchev–Trinajstić information content (AvgIpc) is 3.24. The van der Waals surface area contributed by atoms with Gasteiger partial charge in [0, 0.05) is 42.8 Å². The number of amides is 2. The third kappa shape index (κ3) is 5.65. The molecule has 0 aliphatic carbocycles. The average molecular weight is 533 g/mol. The smallest absolute Gasteiger partial charge is 0.255 e. The van der Waals surface area contributed by atoms with Crippen LogP contribution in [0.2, 0.25) is 5.02 Å². The lowest BCUT2D eigenvalue weighted by atomic mass is 10.0. The van der Waals surface area contributed by atoms with Crippen LogP contribution in [-0.4, -0.2) is 51.0 Å². The Balaban J connectivity index is 1.52. The van der Waals surface area contributed by atoms with Gasteiger partial charge in [-0.3, -0.25) is 14.6 Å². The number of halogens is 1. The van der Waals surface area contributed by atoms with Crippen LogP contribution >= 0.6 is 11.6 Å². The molecule has 0 unspecified atom stereocenters. The molecule has 1 aromatic carbocycles. The van der Waals surface area contributed by atoms with E-state index >= 15 is 0 Å². The lowest BCUT2D eigenvalue weighted by molar-refractivity contribution is -0.125. The largest absolute Gasteiger partial charge is 0.392 e. The molecule has 3 heterocycles. The summed E-state index contributed by atoms with van der Waals surface area (Å²) in [6.45, 7) is 5.81. The van der Waals surface area contributed by atoms with Gasteiger partial charge in [0.15, 0.2) is 0 Å². The summed E-state index contributed by atoms with van der Waals surface area (Å²) in [5.41, 5.74) is 4.48. The van der Waals surface area contributed by atoms with Crippen molar-refractivity contribution < 1.29 is 9.59 Å². The number of aromatic nitrogens is 3. The summed E-state index contributed by atoms with van der Waals surface area (Å²) in [5.74, 6) is -0.240. The molecule has 0 saturated heterocycles. The molecule has 1 aliphatic rings. The van der Waals surface area contributed by atoms with Gasteiger partial charge in [0.2, 0.25) is 11.9 Å². The Hall–Kier alpha value is -4.31. The zero-order valence-corrected chi connectivity index (χ0v) is 22.3. The highest BCUT2D eigenvalue weighted by atomic mass is 35.5. The minimum Gasteiger partial charge on any atom is -0.392 e. The van der Waals surface area contributed by atoms with Crippen LogP contribution in [0.1, 0.15) is 47.2 Å². The van der Waals surface area contributed by atoms with E-state index in [1.807, 2.05) is 44.2 Å². The van der Waals surface area contributed by atoms with Crippen LogP contribution < -0.4 is 16.0 Å². The summed E-state index contributed by atoms with van der Waals surface area (Å²) in [7, 11) is 1.72. The zero-order valence-electron chi connectivity index (χ0n) is 21.5. The van der Waals surface area contributed by atoms with Crippen LogP contribution in [0.3, 0.4) is 0 Å². The van der Waals surface area contributed by atoms with E-state index in [4.69, 9.17) is 17.0 Å². The van der Waals surface area contributed by atoms with Gasteiger partial charge in [-0.2, -0.15) is 0 Å². The molecule has 2 atom stereocenters. The fraction of sp³-hybridized carbons (Fsp3) is 0.259. The number of nitrogens with zero attached hydrogens (tertiary/aromatic N) is 4. The number of hydrogen-bond acceptors (Lipinski definition) is 8. The first-order valence-corrected chi connectivity index (χ1v) is 12.4. The maximum atomic E-state index is 13.4. The summed E-state index contributed by atoms with van der Waals surface area (Å²) in [6, 6.07) is 10.1. The Bertz CT molecular complexity index is 1420. The molecule has 0 spiro atoms. The number of fused-ring (bicyclic) bond motifs is 1. The maximum Gasteiger partial charge on any atom is 0.255 e. The first-order chi connectivity index (χ1) is 18.2. The minimum absolute atomic E-state index is 0.239. The Morgan fingerprint density at radius 1 is 1.21 bits per heavy atom. The summed E-state index contributed by atoms with van der Waals surface area (Å²) < 4.78 is 0. The van der Waals surface area contributed by atoms with Crippen molar-refractivity contribution in [3.63, 3.8) is 0 Å². The molecule has 4 rings (SSSR count). The molecule has 38 heavy (non-hydrogen) atoms. The molecule has 0 radical (unpaired) electrons. The molecule has 2 amide bonds. The van der Waals surface area contributed by atoms with Crippen LogP contribution in [0.25, 0.3) is 11.3 Å². The molecule has 0 bridgehead atoms. The number of allylic oxidation sites excluding steroid dienone is 1. The third-order valence-corrected chi connectivity index (χ3v) is 6.51. The highest BCUT2D eigenvalue weighted by Crippen LogP contribution is 2.32. The maximum absolute atomic E-state index is 13.4. The molecular weight excluding hydrogens is 504 g/mol. The van der Waals surface area contributed by atoms with Gasteiger partial charge in [-0.25, -0.2) is 9.97 Å². The van der Waals surface area contributed by atoms with E-state index in [1.54, 1.807) is 31.1 Å². The van der Waals surface area contributed by atoms with Gasteiger partial charge in [0.25, 0.3) is 5.91 Å². The van der Waals surface area contributed by atoms with Gasteiger partial charge >= 0.3 is 0 Å². The van der Waals surface area contributed by atoms with E-state index < -0.39 is 6.04 Å². The number of aryl methyl sites for hydroxylation is 1. The van der Waals surface area contributed by atoms with E-state index in [0.717, 1.165) is 23.2 Å². The molecule has 10 nitrogen and oxygen atoms in total. The number of rotatable bonds is 9. The number of hydrogen-bond donors (Lipinski definition) is 4. The summed E-state index contributed by atoms with van der Waals surface area (Å²) >= 11 is 6.40. The molecule has 0 saturated carbocycles. The second-order valence-corrected chi connectivity index (χ2v) is 9.37. The second-order valence-electron chi connectivity index (χ2n) is 8.96. The number of carbonyl (C=O) groups excluding carboxylic acids is 2. The van der Waals surface area contributed by atoms with Crippen molar-refractivity contribution in [1.82, 2.24) is 30.5 Å². The lowest BCUT2D eigenvalue weighted by Gasteiger charge is -2.25. The van der Waals surface area contributed by atoms with Crippen LogP contribution in [0.5, 0.6) is 0 Å². The Labute approximate surface area is 226 Å². The number of pyridine rings is 1. The van der Waals surface area contributed by atoms with Crippen molar-refractivity contribution in [2.45, 2.75) is 39.4 Å². The number of nitrogens with one attached hydrogen (secondary N) is 4. The van der Waals surface area contributed by atoms with Crippen molar-refractivity contribution in [3.05, 3.63) is 82.0 Å². The quantitative estimate of drug-likeness (QED) is 0.307. The van der Waals surface area contributed by atoms with Crippen molar-refractivity contribution in [1.29, 1.82) is 5.41 Å². The van der Waals surface area contributed by atoms with Crippen LogP contribution in [-0.2, 0) is 11.3 Å². The van der Waals surface area contributed by atoms with Gasteiger partial charge < -0.3 is 26.3 Å².